The molecule has 0 saturated heterocycles. The fourth-order valence-electron chi connectivity index (χ4n) is 3.36. The lowest BCUT2D eigenvalue weighted by atomic mass is 10.1. The van der Waals surface area contributed by atoms with Crippen molar-refractivity contribution in [1.82, 2.24) is 10.0 Å². The molecule has 0 unspecified atom stereocenters. The largest absolute Gasteiger partial charge is 0.482 e. The number of carbonyl (C=O) groups is 1. The third kappa shape index (κ3) is 5.93. The van der Waals surface area contributed by atoms with Gasteiger partial charge in [0.25, 0.3) is 5.91 Å². The van der Waals surface area contributed by atoms with E-state index in [-0.39, 0.29) is 46.1 Å². The highest BCUT2D eigenvalue weighted by Crippen LogP contribution is 2.28. The van der Waals surface area contributed by atoms with Crippen LogP contribution in [0.3, 0.4) is 0 Å². The second kappa shape index (κ2) is 9.76. The monoisotopic (exact) mass is 454 g/mol. The van der Waals surface area contributed by atoms with Gasteiger partial charge in [0, 0.05) is 6.04 Å². The van der Waals surface area contributed by atoms with Crippen LogP contribution in [0.4, 0.5) is 4.39 Å². The molecule has 0 heterocycles. The molecule has 162 valence electrons. The van der Waals surface area contributed by atoms with Crippen molar-refractivity contribution in [2.45, 2.75) is 49.6 Å². The predicted octanol–water partition coefficient (Wildman–Crippen LogP) is 3.96. The Morgan fingerprint density at radius 2 is 1.87 bits per heavy atom. The van der Waals surface area contributed by atoms with Gasteiger partial charge in [-0.2, -0.15) is 0 Å². The lowest BCUT2D eigenvalue weighted by molar-refractivity contribution is -0.123. The molecule has 1 saturated carbocycles. The van der Waals surface area contributed by atoms with Crippen LogP contribution in [-0.4, -0.2) is 27.0 Å². The van der Waals surface area contributed by atoms with Crippen molar-refractivity contribution in [3.8, 4) is 5.75 Å². The first-order chi connectivity index (χ1) is 14.2. The van der Waals surface area contributed by atoms with E-state index in [9.17, 15) is 17.6 Å². The molecule has 1 aliphatic rings. The topological polar surface area (TPSA) is 84.5 Å². The minimum atomic E-state index is -3.66. The molecule has 0 aromatic heterocycles. The maximum atomic E-state index is 13.0. The Labute approximate surface area is 180 Å². The highest BCUT2D eigenvalue weighted by molar-refractivity contribution is 7.89. The number of carbonyl (C=O) groups excluding carboxylic acids is 1. The first kappa shape index (κ1) is 22.5. The fraction of sp³-hybridized carbons (Fsp3) is 0.381. The number of hydrogen-bond acceptors (Lipinski definition) is 4. The molecule has 30 heavy (non-hydrogen) atoms. The number of benzene rings is 2. The van der Waals surface area contributed by atoms with Crippen molar-refractivity contribution in [1.29, 1.82) is 0 Å². The van der Waals surface area contributed by atoms with E-state index < -0.39 is 10.0 Å². The summed E-state index contributed by atoms with van der Waals surface area (Å²) in [5.41, 5.74) is 0.757. The molecule has 2 aromatic rings. The third-order valence-electron chi connectivity index (χ3n) is 5.00. The van der Waals surface area contributed by atoms with Crippen molar-refractivity contribution in [2.24, 2.45) is 0 Å². The van der Waals surface area contributed by atoms with Crippen LogP contribution in [0.2, 0.25) is 5.02 Å². The number of amides is 1. The number of hydrogen-bond donors (Lipinski definition) is 2. The molecule has 1 amide bonds. The van der Waals surface area contributed by atoms with E-state index in [1.54, 1.807) is 19.1 Å². The average molecular weight is 455 g/mol. The summed E-state index contributed by atoms with van der Waals surface area (Å²) in [5.74, 6) is -0.525. The highest BCUT2D eigenvalue weighted by Gasteiger charge is 2.23. The van der Waals surface area contributed by atoms with Gasteiger partial charge in [-0.05, 0) is 55.7 Å². The molecule has 2 N–H and O–H groups in total. The van der Waals surface area contributed by atoms with Gasteiger partial charge in [0.2, 0.25) is 10.0 Å². The Morgan fingerprint density at radius 3 is 2.50 bits per heavy atom. The lowest BCUT2D eigenvalue weighted by Crippen LogP contribution is -2.32. The third-order valence-corrected chi connectivity index (χ3v) is 6.81. The van der Waals surface area contributed by atoms with Gasteiger partial charge in [0.05, 0.1) is 16.0 Å². The molecular formula is C21H24ClFN2O4S. The normalized spacial score (nSPS) is 15.7. The smallest absolute Gasteiger partial charge is 0.258 e. The summed E-state index contributed by atoms with van der Waals surface area (Å²) in [6, 6.07) is 9.61. The van der Waals surface area contributed by atoms with Gasteiger partial charge in [0.15, 0.2) is 6.61 Å². The Bertz CT molecular complexity index is 993. The molecule has 2 aromatic carbocycles. The number of rotatable bonds is 8. The van der Waals surface area contributed by atoms with Gasteiger partial charge in [-0.15, -0.1) is 0 Å². The molecule has 6 nitrogen and oxygen atoms in total. The van der Waals surface area contributed by atoms with Crippen LogP contribution in [0.25, 0.3) is 0 Å². The molecule has 3 rings (SSSR count). The van der Waals surface area contributed by atoms with Crippen LogP contribution < -0.4 is 14.8 Å². The first-order valence-corrected chi connectivity index (χ1v) is 11.6. The maximum Gasteiger partial charge on any atom is 0.258 e. The molecule has 0 bridgehead atoms. The summed E-state index contributed by atoms with van der Waals surface area (Å²) in [7, 11) is -3.66. The van der Waals surface area contributed by atoms with E-state index in [0.717, 1.165) is 31.2 Å². The maximum absolute atomic E-state index is 13.0. The lowest BCUT2D eigenvalue weighted by Gasteiger charge is -2.16. The zero-order valence-electron chi connectivity index (χ0n) is 16.5. The summed E-state index contributed by atoms with van der Waals surface area (Å²) >= 11 is 6.17. The van der Waals surface area contributed by atoms with Crippen molar-refractivity contribution >= 4 is 27.5 Å². The van der Waals surface area contributed by atoms with Gasteiger partial charge >= 0.3 is 0 Å². The van der Waals surface area contributed by atoms with Gasteiger partial charge in [-0.25, -0.2) is 17.5 Å². The highest BCUT2D eigenvalue weighted by atomic mass is 35.5. The number of ether oxygens (including phenoxy) is 1. The Morgan fingerprint density at radius 1 is 1.20 bits per heavy atom. The number of sulfonamides is 1. The van der Waals surface area contributed by atoms with Crippen LogP contribution in [-0.2, 0) is 14.8 Å². The van der Waals surface area contributed by atoms with Crippen LogP contribution in [0, 0.1) is 5.82 Å². The molecule has 0 aliphatic heterocycles. The molecule has 0 spiro atoms. The molecule has 1 aliphatic carbocycles. The SMILES string of the molecule is C[C@@H](NC(=O)COc1ccc(S(=O)(=O)NC2CCCC2)cc1Cl)c1ccc(F)cc1. The zero-order chi connectivity index (χ0) is 21.7. The summed E-state index contributed by atoms with van der Waals surface area (Å²) in [4.78, 5) is 12.2. The van der Waals surface area contributed by atoms with Crippen LogP contribution in [0.1, 0.15) is 44.2 Å². The van der Waals surface area contributed by atoms with Crippen molar-refractivity contribution in [3.63, 3.8) is 0 Å². The summed E-state index contributed by atoms with van der Waals surface area (Å²) in [6.07, 6.45) is 3.70. The molecular weight excluding hydrogens is 431 g/mol. The fourth-order valence-corrected chi connectivity index (χ4v) is 4.99. The van der Waals surface area contributed by atoms with Gasteiger partial charge in [-0.1, -0.05) is 36.6 Å². The van der Waals surface area contributed by atoms with Crippen molar-refractivity contribution in [3.05, 3.63) is 58.9 Å². The van der Waals surface area contributed by atoms with E-state index in [0.29, 0.717) is 0 Å². The number of nitrogens with one attached hydrogen (secondary N) is 2. The van der Waals surface area contributed by atoms with Crippen LogP contribution in [0.15, 0.2) is 47.4 Å². The van der Waals surface area contributed by atoms with Crippen molar-refractivity contribution in [2.75, 3.05) is 6.61 Å². The van der Waals surface area contributed by atoms with Gasteiger partial charge in [-0.3, -0.25) is 4.79 Å². The zero-order valence-corrected chi connectivity index (χ0v) is 18.1. The van der Waals surface area contributed by atoms with E-state index >= 15 is 0 Å². The summed E-state index contributed by atoms with van der Waals surface area (Å²) in [6.45, 7) is 1.48. The Balaban J connectivity index is 1.56. The van der Waals surface area contributed by atoms with Crippen molar-refractivity contribution < 1.29 is 22.3 Å². The molecule has 9 heteroatoms. The van der Waals surface area contributed by atoms with E-state index in [2.05, 4.69) is 10.0 Å². The van der Waals surface area contributed by atoms with Gasteiger partial charge in [0.1, 0.15) is 11.6 Å². The van der Waals surface area contributed by atoms with E-state index in [4.69, 9.17) is 16.3 Å². The molecule has 1 fully saturated rings. The van der Waals surface area contributed by atoms with Gasteiger partial charge < -0.3 is 10.1 Å². The summed E-state index contributed by atoms with van der Waals surface area (Å²) < 4.78 is 46.1. The minimum Gasteiger partial charge on any atom is -0.482 e. The van der Waals surface area contributed by atoms with Crippen LogP contribution in [0.5, 0.6) is 5.75 Å². The predicted molar refractivity (Wildman–Crippen MR) is 112 cm³/mol. The Hall–Kier alpha value is -2.16. The molecule has 1 atom stereocenters. The van der Waals surface area contributed by atoms with E-state index in [1.165, 1.54) is 30.3 Å². The van der Waals surface area contributed by atoms with Crippen LogP contribution >= 0.6 is 11.6 Å². The summed E-state index contributed by atoms with van der Waals surface area (Å²) in [5, 5.41) is 2.85. The quantitative estimate of drug-likeness (QED) is 0.632. The standard InChI is InChI=1S/C21H24ClFN2O4S/c1-14(15-6-8-16(23)9-7-15)24-21(26)13-29-20-11-10-18(12-19(20)22)30(27,28)25-17-4-2-3-5-17/h6-12,14,17,25H,2-5,13H2,1H3,(H,24,26)/t14-/m1/s1. The average Bonchev–Trinajstić information content (AvgIpc) is 3.19. The Kier molecular flexibility index (Phi) is 7.33. The number of halogens is 2. The first-order valence-electron chi connectivity index (χ1n) is 9.74. The second-order valence-corrected chi connectivity index (χ2v) is 9.45. The second-order valence-electron chi connectivity index (χ2n) is 7.32. The molecule has 0 radical (unpaired) electrons. The van der Waals surface area contributed by atoms with E-state index in [1.807, 2.05) is 0 Å². The minimum absolute atomic E-state index is 0.0449.